The molecule has 5 N–H and O–H groups in total. The van der Waals surface area contributed by atoms with Gasteiger partial charge in [0.05, 0.1) is 0 Å². The number of oxime groups is 1. The molecule has 0 unspecified atom stereocenters. The zero-order valence-corrected chi connectivity index (χ0v) is 9.66. The summed E-state index contributed by atoms with van der Waals surface area (Å²) in [6.07, 6.45) is 2.52. The molecular formula is C10H23N3O2. The highest BCUT2D eigenvalue weighted by molar-refractivity contribution is 5.79. The van der Waals surface area contributed by atoms with Gasteiger partial charge < -0.3 is 21.4 Å². The molecule has 0 fully saturated rings. The van der Waals surface area contributed by atoms with E-state index in [1.807, 2.05) is 13.8 Å². The van der Waals surface area contributed by atoms with Gasteiger partial charge >= 0.3 is 0 Å². The number of rotatable bonds is 8. The summed E-state index contributed by atoms with van der Waals surface area (Å²) in [5.74, 6) is 0.283. The maximum Gasteiger partial charge on any atom is 0.139 e. The second kappa shape index (κ2) is 7.48. The predicted molar refractivity (Wildman–Crippen MR) is 61.0 cm³/mol. The zero-order chi connectivity index (χ0) is 11.7. The number of nitrogens with two attached hydrogens (primary N) is 1. The summed E-state index contributed by atoms with van der Waals surface area (Å²) in [5, 5.41) is 23.5. The second-order valence-corrected chi connectivity index (χ2v) is 4.55. The van der Waals surface area contributed by atoms with E-state index >= 15 is 0 Å². The first-order valence-electron chi connectivity index (χ1n) is 5.30. The van der Waals surface area contributed by atoms with Gasteiger partial charge in [-0.25, -0.2) is 0 Å². The first-order valence-corrected chi connectivity index (χ1v) is 5.30. The lowest BCUT2D eigenvalue weighted by atomic mass is 9.95. The van der Waals surface area contributed by atoms with Gasteiger partial charge in [0.2, 0.25) is 0 Å². The van der Waals surface area contributed by atoms with Crippen LogP contribution in [0.4, 0.5) is 0 Å². The van der Waals surface area contributed by atoms with E-state index in [-0.39, 0.29) is 17.9 Å². The maximum absolute atomic E-state index is 9.00. The Kier molecular flexibility index (Phi) is 7.07. The second-order valence-electron chi connectivity index (χ2n) is 4.55. The van der Waals surface area contributed by atoms with Crippen LogP contribution in [0.15, 0.2) is 5.16 Å². The van der Waals surface area contributed by atoms with Gasteiger partial charge in [-0.15, -0.1) is 0 Å². The van der Waals surface area contributed by atoms with Crippen LogP contribution in [0.25, 0.3) is 0 Å². The van der Waals surface area contributed by atoms with Crippen LogP contribution >= 0.6 is 0 Å². The highest BCUT2D eigenvalue weighted by Gasteiger charge is 2.14. The van der Waals surface area contributed by atoms with Crippen molar-refractivity contribution in [2.75, 3.05) is 19.7 Å². The molecule has 0 aromatic rings. The number of aliphatic hydroxyl groups is 1. The van der Waals surface area contributed by atoms with E-state index in [0.29, 0.717) is 6.42 Å². The summed E-state index contributed by atoms with van der Waals surface area (Å²) in [6, 6.07) is 0. The molecule has 0 rings (SSSR count). The summed E-state index contributed by atoms with van der Waals surface area (Å²) in [5.41, 5.74) is 5.26. The standard InChI is InChI=1S/C10H23N3O2/c1-10(2,8-14)7-12-6-4-3-5-9(11)13-15/h12,14-15H,3-8H2,1-2H3,(H2,11,13). The van der Waals surface area contributed by atoms with E-state index in [9.17, 15) is 0 Å². The fourth-order valence-electron chi connectivity index (χ4n) is 1.09. The van der Waals surface area contributed by atoms with Crippen LogP contribution in [0.5, 0.6) is 0 Å². The number of hydrogen-bond acceptors (Lipinski definition) is 4. The van der Waals surface area contributed by atoms with Crippen molar-refractivity contribution in [2.24, 2.45) is 16.3 Å². The number of hydrogen-bond donors (Lipinski definition) is 4. The summed E-state index contributed by atoms with van der Waals surface area (Å²) in [7, 11) is 0. The number of unbranched alkanes of at least 4 members (excludes halogenated alkanes) is 1. The molecule has 0 spiro atoms. The van der Waals surface area contributed by atoms with Crippen molar-refractivity contribution in [3.63, 3.8) is 0 Å². The molecule has 5 heteroatoms. The monoisotopic (exact) mass is 217 g/mol. The molecular weight excluding hydrogens is 194 g/mol. The number of nitrogens with one attached hydrogen (secondary N) is 1. The van der Waals surface area contributed by atoms with E-state index < -0.39 is 0 Å². The predicted octanol–water partition coefficient (Wildman–Crippen LogP) is 0.511. The minimum Gasteiger partial charge on any atom is -0.409 e. The quantitative estimate of drug-likeness (QED) is 0.157. The van der Waals surface area contributed by atoms with Crippen LogP contribution in [0.3, 0.4) is 0 Å². The molecule has 0 saturated heterocycles. The summed E-state index contributed by atoms with van der Waals surface area (Å²) < 4.78 is 0. The molecule has 0 aromatic carbocycles. The van der Waals surface area contributed by atoms with E-state index in [4.69, 9.17) is 16.0 Å². The molecule has 0 heterocycles. The van der Waals surface area contributed by atoms with E-state index in [2.05, 4.69) is 10.5 Å². The first-order chi connectivity index (χ1) is 7.02. The Morgan fingerprint density at radius 3 is 2.60 bits per heavy atom. The zero-order valence-electron chi connectivity index (χ0n) is 9.66. The SMILES string of the molecule is CC(C)(CO)CNCCCCC(N)=NO. The lowest BCUT2D eigenvalue weighted by Gasteiger charge is -2.21. The van der Waals surface area contributed by atoms with Gasteiger partial charge in [0.1, 0.15) is 5.84 Å². The summed E-state index contributed by atoms with van der Waals surface area (Å²) >= 11 is 0. The van der Waals surface area contributed by atoms with Crippen LogP contribution in [-0.2, 0) is 0 Å². The van der Waals surface area contributed by atoms with Crippen molar-refractivity contribution in [3.05, 3.63) is 0 Å². The van der Waals surface area contributed by atoms with Gasteiger partial charge in [0.25, 0.3) is 0 Å². The molecule has 0 aliphatic rings. The van der Waals surface area contributed by atoms with Crippen molar-refractivity contribution in [1.29, 1.82) is 0 Å². The maximum atomic E-state index is 9.00. The Labute approximate surface area is 91.4 Å². The average Bonchev–Trinajstić information content (AvgIpc) is 2.22. The van der Waals surface area contributed by atoms with Gasteiger partial charge in [-0.05, 0) is 19.4 Å². The molecule has 0 bridgehead atoms. The molecule has 0 aromatic heterocycles. The minimum absolute atomic E-state index is 0.0639. The van der Waals surface area contributed by atoms with Crippen LogP contribution in [0.2, 0.25) is 0 Å². The first kappa shape index (κ1) is 14.2. The average molecular weight is 217 g/mol. The van der Waals surface area contributed by atoms with Crippen LogP contribution in [0.1, 0.15) is 33.1 Å². The molecule has 5 nitrogen and oxygen atoms in total. The van der Waals surface area contributed by atoms with Gasteiger partial charge in [0.15, 0.2) is 0 Å². The van der Waals surface area contributed by atoms with Gasteiger partial charge in [-0.3, -0.25) is 0 Å². The van der Waals surface area contributed by atoms with Crippen LogP contribution in [-0.4, -0.2) is 35.8 Å². The third kappa shape index (κ3) is 8.20. The molecule has 0 aliphatic carbocycles. The Hall–Kier alpha value is -0.810. The van der Waals surface area contributed by atoms with Crippen molar-refractivity contribution in [3.8, 4) is 0 Å². The van der Waals surface area contributed by atoms with E-state index in [1.54, 1.807) is 0 Å². The fraction of sp³-hybridized carbons (Fsp3) is 0.900. The normalized spacial score (nSPS) is 13.1. The van der Waals surface area contributed by atoms with E-state index in [1.165, 1.54) is 0 Å². The molecule has 15 heavy (non-hydrogen) atoms. The van der Waals surface area contributed by atoms with Gasteiger partial charge in [-0.1, -0.05) is 19.0 Å². The lowest BCUT2D eigenvalue weighted by Crippen LogP contribution is -2.32. The third-order valence-electron chi connectivity index (χ3n) is 2.20. The van der Waals surface area contributed by atoms with Gasteiger partial charge in [0, 0.05) is 25.0 Å². The Morgan fingerprint density at radius 1 is 1.40 bits per heavy atom. The largest absolute Gasteiger partial charge is 0.409 e. The lowest BCUT2D eigenvalue weighted by molar-refractivity contribution is 0.157. The molecule has 0 radical (unpaired) electrons. The van der Waals surface area contributed by atoms with Crippen molar-refractivity contribution in [1.82, 2.24) is 5.32 Å². The smallest absolute Gasteiger partial charge is 0.139 e. The molecule has 0 saturated carbocycles. The molecule has 90 valence electrons. The van der Waals surface area contributed by atoms with E-state index in [0.717, 1.165) is 25.9 Å². The number of nitrogens with zero attached hydrogens (tertiary/aromatic N) is 1. The Bertz CT molecular complexity index is 193. The Morgan fingerprint density at radius 2 is 2.07 bits per heavy atom. The van der Waals surface area contributed by atoms with Crippen LogP contribution in [0, 0.1) is 5.41 Å². The fourth-order valence-corrected chi connectivity index (χ4v) is 1.09. The molecule has 0 atom stereocenters. The minimum atomic E-state index is -0.0639. The summed E-state index contributed by atoms with van der Waals surface area (Å²) in [6.45, 7) is 5.89. The Balaban J connectivity index is 3.33. The van der Waals surface area contributed by atoms with Crippen LogP contribution < -0.4 is 11.1 Å². The molecule has 0 amide bonds. The van der Waals surface area contributed by atoms with Gasteiger partial charge in [-0.2, -0.15) is 0 Å². The highest BCUT2D eigenvalue weighted by atomic mass is 16.4. The van der Waals surface area contributed by atoms with Crippen molar-refractivity contribution in [2.45, 2.75) is 33.1 Å². The topological polar surface area (TPSA) is 90.9 Å². The van der Waals surface area contributed by atoms with Crippen molar-refractivity contribution < 1.29 is 10.3 Å². The number of amidine groups is 1. The highest BCUT2D eigenvalue weighted by Crippen LogP contribution is 2.10. The molecule has 0 aliphatic heterocycles. The third-order valence-corrected chi connectivity index (χ3v) is 2.20. The summed E-state index contributed by atoms with van der Waals surface area (Å²) in [4.78, 5) is 0. The van der Waals surface area contributed by atoms with Crippen molar-refractivity contribution >= 4 is 5.84 Å². The number of aliphatic hydroxyl groups excluding tert-OH is 1.